The summed E-state index contributed by atoms with van der Waals surface area (Å²) >= 11 is 1.53. The summed E-state index contributed by atoms with van der Waals surface area (Å²) in [5.41, 5.74) is 2.81. The first-order valence-electron chi connectivity index (χ1n) is 8.42. The van der Waals surface area contributed by atoms with Crippen LogP contribution in [0.5, 0.6) is 0 Å². The molecule has 0 bridgehead atoms. The van der Waals surface area contributed by atoms with Gasteiger partial charge in [0.15, 0.2) is 0 Å². The Balaban J connectivity index is 1.93. The number of hydrogen-bond donors (Lipinski definition) is 1. The quantitative estimate of drug-likeness (QED) is 0.714. The number of hydrogen-bond acceptors (Lipinski definition) is 3. The van der Waals surface area contributed by atoms with Crippen molar-refractivity contribution in [3.63, 3.8) is 0 Å². The molecule has 0 spiro atoms. The molecule has 0 aliphatic rings. The van der Waals surface area contributed by atoms with Gasteiger partial charge in [-0.3, -0.25) is 4.79 Å². The zero-order valence-electron chi connectivity index (χ0n) is 14.4. The predicted octanol–water partition coefficient (Wildman–Crippen LogP) is 4.56. The summed E-state index contributed by atoms with van der Waals surface area (Å²) in [6.45, 7) is 7.94. The summed E-state index contributed by atoms with van der Waals surface area (Å²) in [4.78, 5) is 16.8. The van der Waals surface area contributed by atoms with E-state index >= 15 is 0 Å². The van der Waals surface area contributed by atoms with Gasteiger partial charge in [-0.2, -0.15) is 0 Å². The van der Waals surface area contributed by atoms with Crippen molar-refractivity contribution in [3.05, 3.63) is 41.4 Å². The van der Waals surface area contributed by atoms with Crippen LogP contribution in [0.25, 0.3) is 21.6 Å². The van der Waals surface area contributed by atoms with Crippen molar-refractivity contribution in [2.45, 2.75) is 33.7 Å². The molecule has 1 N–H and O–H groups in total. The molecule has 2 aromatic heterocycles. The normalized spacial score (nSPS) is 11.3. The largest absolute Gasteiger partial charge is 0.350 e. The number of carbonyl (C=O) groups excluding carboxylic acids is 1. The summed E-state index contributed by atoms with van der Waals surface area (Å²) in [5.74, 6) is 0.337. The number of rotatable bonds is 6. The first-order chi connectivity index (χ1) is 11.6. The molecule has 0 radical (unpaired) electrons. The fourth-order valence-corrected chi connectivity index (χ4v) is 3.56. The fourth-order valence-electron chi connectivity index (χ4n) is 2.74. The maximum Gasteiger partial charge on any atom is 0.270 e. The lowest BCUT2D eigenvalue weighted by molar-refractivity contribution is 0.0945. The second kappa shape index (κ2) is 7.18. The Bertz CT molecular complexity index is 847. The van der Waals surface area contributed by atoms with Gasteiger partial charge in [0, 0.05) is 29.4 Å². The van der Waals surface area contributed by atoms with Crippen molar-refractivity contribution in [3.8, 4) is 10.7 Å². The van der Waals surface area contributed by atoms with Crippen molar-refractivity contribution >= 4 is 28.1 Å². The second-order valence-corrected chi connectivity index (χ2v) is 7.24. The summed E-state index contributed by atoms with van der Waals surface area (Å²) in [7, 11) is 0. The van der Waals surface area contributed by atoms with Gasteiger partial charge < -0.3 is 9.88 Å². The molecule has 0 unspecified atom stereocenters. The van der Waals surface area contributed by atoms with E-state index in [-0.39, 0.29) is 5.91 Å². The molecule has 24 heavy (non-hydrogen) atoms. The van der Waals surface area contributed by atoms with Crippen LogP contribution in [0.2, 0.25) is 0 Å². The lowest BCUT2D eigenvalue weighted by Crippen LogP contribution is -2.27. The number of amides is 1. The van der Waals surface area contributed by atoms with E-state index < -0.39 is 0 Å². The number of aromatic nitrogens is 2. The topological polar surface area (TPSA) is 46.9 Å². The van der Waals surface area contributed by atoms with E-state index in [2.05, 4.69) is 66.0 Å². The Hall–Kier alpha value is -2.14. The highest BCUT2D eigenvalue weighted by molar-refractivity contribution is 7.13. The van der Waals surface area contributed by atoms with Crippen molar-refractivity contribution < 1.29 is 4.79 Å². The molecular formula is C19H23N3OS. The third kappa shape index (κ3) is 3.36. The minimum absolute atomic E-state index is 0.0932. The maximum absolute atomic E-state index is 12.2. The standard InChI is InChI=1S/C19H23N3OS/c1-4-9-22-16-8-6-5-7-14(16)10-17(22)19-21-15(12-24-19)18(23)20-11-13(2)3/h5-8,10,12-13H,4,9,11H2,1-3H3,(H,20,23). The number of benzene rings is 1. The highest BCUT2D eigenvalue weighted by atomic mass is 32.1. The molecule has 0 aliphatic carbocycles. The molecule has 1 amide bonds. The van der Waals surface area contributed by atoms with Crippen LogP contribution in [0, 0.1) is 5.92 Å². The van der Waals surface area contributed by atoms with Crippen LogP contribution in [0.1, 0.15) is 37.7 Å². The highest BCUT2D eigenvalue weighted by Gasteiger charge is 2.16. The third-order valence-electron chi connectivity index (χ3n) is 3.88. The minimum Gasteiger partial charge on any atom is -0.350 e. The number of para-hydroxylation sites is 1. The van der Waals surface area contributed by atoms with Crippen molar-refractivity contribution in [2.75, 3.05) is 6.54 Å². The number of nitrogens with one attached hydrogen (secondary N) is 1. The van der Waals surface area contributed by atoms with Crippen LogP contribution in [-0.2, 0) is 6.54 Å². The lowest BCUT2D eigenvalue weighted by atomic mass is 10.2. The molecule has 0 aliphatic heterocycles. The molecule has 0 saturated carbocycles. The van der Waals surface area contributed by atoms with Gasteiger partial charge >= 0.3 is 0 Å². The Kier molecular flexibility index (Phi) is 5.00. The zero-order valence-corrected chi connectivity index (χ0v) is 15.2. The summed E-state index contributed by atoms with van der Waals surface area (Å²) in [6, 6.07) is 10.5. The van der Waals surface area contributed by atoms with E-state index in [9.17, 15) is 4.79 Å². The molecule has 5 heteroatoms. The Morgan fingerprint density at radius 1 is 1.33 bits per heavy atom. The number of nitrogens with zero attached hydrogens (tertiary/aromatic N) is 2. The zero-order chi connectivity index (χ0) is 17.1. The van der Waals surface area contributed by atoms with Gasteiger partial charge in [0.05, 0.1) is 5.69 Å². The van der Waals surface area contributed by atoms with E-state index in [0.717, 1.165) is 23.7 Å². The molecule has 2 heterocycles. The van der Waals surface area contributed by atoms with Crippen LogP contribution < -0.4 is 5.32 Å². The SMILES string of the molecule is CCCn1c(-c2nc(C(=O)NCC(C)C)cs2)cc2ccccc21. The van der Waals surface area contributed by atoms with Gasteiger partial charge in [-0.15, -0.1) is 11.3 Å². The Morgan fingerprint density at radius 2 is 2.12 bits per heavy atom. The Labute approximate surface area is 146 Å². The monoisotopic (exact) mass is 341 g/mol. The van der Waals surface area contributed by atoms with E-state index in [4.69, 9.17) is 0 Å². The maximum atomic E-state index is 12.2. The van der Waals surface area contributed by atoms with Crippen molar-refractivity contribution in [1.29, 1.82) is 0 Å². The number of aryl methyl sites for hydroxylation is 1. The minimum atomic E-state index is -0.0932. The van der Waals surface area contributed by atoms with Crippen LogP contribution in [-0.4, -0.2) is 22.0 Å². The van der Waals surface area contributed by atoms with E-state index in [1.54, 1.807) is 0 Å². The first kappa shape index (κ1) is 16.7. The fraction of sp³-hybridized carbons (Fsp3) is 0.368. The third-order valence-corrected chi connectivity index (χ3v) is 4.75. The molecule has 126 valence electrons. The van der Waals surface area contributed by atoms with Gasteiger partial charge in [0.25, 0.3) is 5.91 Å². The second-order valence-electron chi connectivity index (χ2n) is 6.38. The van der Waals surface area contributed by atoms with Gasteiger partial charge in [-0.1, -0.05) is 39.0 Å². The molecule has 3 rings (SSSR count). The lowest BCUT2D eigenvalue weighted by Gasteiger charge is -2.07. The molecule has 0 fully saturated rings. The van der Waals surface area contributed by atoms with E-state index in [1.165, 1.54) is 22.2 Å². The Morgan fingerprint density at radius 3 is 2.88 bits per heavy atom. The average molecular weight is 341 g/mol. The van der Waals surface area contributed by atoms with Gasteiger partial charge in [0.2, 0.25) is 0 Å². The highest BCUT2D eigenvalue weighted by Crippen LogP contribution is 2.30. The van der Waals surface area contributed by atoms with E-state index in [0.29, 0.717) is 18.2 Å². The summed E-state index contributed by atoms with van der Waals surface area (Å²) < 4.78 is 2.30. The van der Waals surface area contributed by atoms with Crippen LogP contribution in [0.15, 0.2) is 35.7 Å². The molecule has 1 aromatic carbocycles. The van der Waals surface area contributed by atoms with Crippen LogP contribution in [0.4, 0.5) is 0 Å². The molecule has 3 aromatic rings. The van der Waals surface area contributed by atoms with Crippen molar-refractivity contribution in [2.24, 2.45) is 5.92 Å². The number of carbonyl (C=O) groups is 1. The first-order valence-corrected chi connectivity index (χ1v) is 9.30. The molecule has 4 nitrogen and oxygen atoms in total. The van der Waals surface area contributed by atoms with Crippen molar-refractivity contribution in [1.82, 2.24) is 14.9 Å². The molecule has 0 saturated heterocycles. The number of fused-ring (bicyclic) bond motifs is 1. The predicted molar refractivity (Wildman–Crippen MR) is 101 cm³/mol. The summed E-state index contributed by atoms with van der Waals surface area (Å²) in [6.07, 6.45) is 1.05. The molecule has 0 atom stereocenters. The van der Waals surface area contributed by atoms with Gasteiger partial charge in [-0.05, 0) is 24.5 Å². The van der Waals surface area contributed by atoms with Crippen LogP contribution in [0.3, 0.4) is 0 Å². The molecular weight excluding hydrogens is 318 g/mol. The average Bonchev–Trinajstić information content (AvgIpc) is 3.18. The van der Waals surface area contributed by atoms with Gasteiger partial charge in [-0.25, -0.2) is 4.98 Å². The van der Waals surface area contributed by atoms with Gasteiger partial charge in [0.1, 0.15) is 10.7 Å². The smallest absolute Gasteiger partial charge is 0.270 e. The summed E-state index contributed by atoms with van der Waals surface area (Å²) in [5, 5.41) is 6.88. The number of thiazole rings is 1. The van der Waals surface area contributed by atoms with Crippen LogP contribution >= 0.6 is 11.3 Å². The van der Waals surface area contributed by atoms with E-state index in [1.807, 2.05) is 5.38 Å².